The van der Waals surface area contributed by atoms with E-state index in [1.165, 1.54) is 22.3 Å². The van der Waals surface area contributed by atoms with E-state index in [-0.39, 0.29) is 16.7 Å². The van der Waals surface area contributed by atoms with Crippen LogP contribution in [0.2, 0.25) is 0 Å². The van der Waals surface area contributed by atoms with Gasteiger partial charge in [-0.2, -0.15) is 0 Å². The van der Waals surface area contributed by atoms with Gasteiger partial charge in [0.2, 0.25) is 10.0 Å². The molecule has 33 heavy (non-hydrogen) atoms. The summed E-state index contributed by atoms with van der Waals surface area (Å²) < 4.78 is 29.0. The third-order valence-corrected chi connectivity index (χ3v) is 8.92. The molecule has 0 aliphatic heterocycles. The van der Waals surface area contributed by atoms with Gasteiger partial charge in [-0.1, -0.05) is 72.6 Å². The fourth-order valence-electron chi connectivity index (χ4n) is 5.72. The Hall–Kier alpha value is -2.47. The van der Waals surface area contributed by atoms with E-state index in [1.807, 2.05) is 6.92 Å². The van der Waals surface area contributed by atoms with E-state index in [0.717, 1.165) is 31.2 Å². The number of rotatable bonds is 4. The van der Waals surface area contributed by atoms with E-state index in [4.69, 9.17) is 0 Å². The van der Waals surface area contributed by atoms with Crippen molar-refractivity contribution in [1.82, 2.24) is 4.72 Å². The molecule has 0 bridgehead atoms. The van der Waals surface area contributed by atoms with Crippen LogP contribution in [0.5, 0.6) is 0 Å². The molecule has 4 nitrogen and oxygen atoms in total. The van der Waals surface area contributed by atoms with E-state index in [1.54, 1.807) is 24.3 Å². The van der Waals surface area contributed by atoms with Crippen molar-refractivity contribution in [2.24, 2.45) is 5.92 Å². The molecule has 3 atom stereocenters. The molecule has 0 saturated heterocycles. The van der Waals surface area contributed by atoms with Crippen molar-refractivity contribution >= 4 is 10.0 Å². The van der Waals surface area contributed by atoms with Crippen molar-refractivity contribution < 1.29 is 13.5 Å². The lowest BCUT2D eigenvalue weighted by atomic mass is 9.70. The molecule has 0 radical (unpaired) electrons. The van der Waals surface area contributed by atoms with Gasteiger partial charge in [0.05, 0.1) is 11.0 Å². The minimum absolute atomic E-state index is 0.0510. The number of nitrogens with one attached hydrogen (secondary N) is 1. The van der Waals surface area contributed by atoms with Gasteiger partial charge in [-0.25, -0.2) is 13.1 Å². The number of benzene rings is 3. The van der Waals surface area contributed by atoms with E-state index in [2.05, 4.69) is 53.3 Å². The summed E-state index contributed by atoms with van der Waals surface area (Å²) in [5.74, 6) is 0.00597. The van der Waals surface area contributed by atoms with Crippen molar-refractivity contribution in [1.29, 1.82) is 0 Å². The van der Waals surface area contributed by atoms with Crippen molar-refractivity contribution in [2.45, 2.75) is 62.0 Å². The number of aliphatic hydroxyl groups is 1. The summed E-state index contributed by atoms with van der Waals surface area (Å²) in [5.41, 5.74) is 6.21. The highest BCUT2D eigenvalue weighted by molar-refractivity contribution is 7.89. The van der Waals surface area contributed by atoms with Crippen molar-refractivity contribution in [3.63, 3.8) is 0 Å². The Morgan fingerprint density at radius 1 is 0.818 bits per heavy atom. The quantitative estimate of drug-likeness (QED) is 0.590. The van der Waals surface area contributed by atoms with Gasteiger partial charge in [-0.05, 0) is 72.9 Å². The molecule has 0 spiro atoms. The lowest BCUT2D eigenvalue weighted by molar-refractivity contribution is 0.0377. The molecule has 2 aliphatic carbocycles. The maximum absolute atomic E-state index is 13.1. The largest absolute Gasteiger partial charge is 0.391 e. The maximum atomic E-state index is 13.1. The van der Waals surface area contributed by atoms with E-state index >= 15 is 0 Å². The third-order valence-electron chi connectivity index (χ3n) is 7.41. The van der Waals surface area contributed by atoms with Crippen molar-refractivity contribution in [3.05, 3.63) is 101 Å². The number of aryl methyl sites for hydroxylation is 3. The molecule has 2 aliphatic rings. The van der Waals surface area contributed by atoms with E-state index in [9.17, 15) is 13.5 Å². The third kappa shape index (κ3) is 4.37. The van der Waals surface area contributed by atoms with Crippen LogP contribution in [0, 0.1) is 12.8 Å². The Morgan fingerprint density at radius 3 is 2.00 bits per heavy atom. The molecular weight excluding hydrogens is 430 g/mol. The molecule has 3 aromatic rings. The summed E-state index contributed by atoms with van der Waals surface area (Å²) in [6, 6.07) is 23.4. The zero-order chi connectivity index (χ0) is 23.0. The molecule has 1 saturated carbocycles. The smallest absolute Gasteiger partial charge is 0.240 e. The average Bonchev–Trinajstić information content (AvgIpc) is 2.98. The van der Waals surface area contributed by atoms with Gasteiger partial charge in [0.15, 0.2) is 0 Å². The van der Waals surface area contributed by atoms with Crippen LogP contribution in [0.25, 0.3) is 0 Å². The second-order valence-electron chi connectivity index (χ2n) is 9.50. The molecule has 3 aromatic carbocycles. The Labute approximate surface area is 196 Å². The maximum Gasteiger partial charge on any atom is 0.240 e. The number of fused-ring (bicyclic) bond motifs is 2. The van der Waals surface area contributed by atoms with Crippen molar-refractivity contribution in [3.8, 4) is 0 Å². The fourth-order valence-corrected chi connectivity index (χ4v) is 7.01. The normalized spacial score (nSPS) is 23.4. The first-order chi connectivity index (χ1) is 15.9. The Bertz CT molecular complexity index is 1190. The predicted octanol–water partition coefficient (Wildman–Crippen LogP) is 4.73. The van der Waals surface area contributed by atoms with Crippen LogP contribution in [0.3, 0.4) is 0 Å². The zero-order valence-electron chi connectivity index (χ0n) is 18.9. The summed E-state index contributed by atoms with van der Waals surface area (Å²) in [6.45, 7) is 1.93. The predicted molar refractivity (Wildman–Crippen MR) is 131 cm³/mol. The number of hydrogen-bond donors (Lipinski definition) is 2. The summed E-state index contributed by atoms with van der Waals surface area (Å²) >= 11 is 0. The molecule has 5 rings (SSSR count). The standard InChI is InChI=1S/C28H31NO3S/c1-19-13-17-22(18-14-19)33(31,32)29-26-12-6-11-25(28(26)30)27-23-9-4-2-7-20(23)15-16-21-8-3-5-10-24(21)27/h2-5,7-10,13-14,17-18,25-30H,6,11-12,15-16H2,1H3/t25?,26-,28-/m1/s1. The number of sulfonamides is 1. The lowest BCUT2D eigenvalue weighted by Gasteiger charge is -2.40. The van der Waals surface area contributed by atoms with Gasteiger partial charge in [-0.3, -0.25) is 0 Å². The minimum Gasteiger partial charge on any atom is -0.391 e. The molecule has 172 valence electrons. The van der Waals surface area contributed by atoms with Crippen LogP contribution >= 0.6 is 0 Å². The first-order valence-electron chi connectivity index (χ1n) is 11.9. The summed E-state index contributed by atoms with van der Waals surface area (Å²) in [7, 11) is -3.70. The van der Waals surface area contributed by atoms with Crippen LogP contribution in [-0.4, -0.2) is 25.7 Å². The minimum atomic E-state index is -3.70. The molecule has 1 unspecified atom stereocenters. The van der Waals surface area contributed by atoms with Crippen LogP contribution in [0.4, 0.5) is 0 Å². The number of hydrogen-bond acceptors (Lipinski definition) is 3. The molecule has 0 heterocycles. The van der Waals surface area contributed by atoms with Crippen LogP contribution in [0.1, 0.15) is 53.0 Å². The zero-order valence-corrected chi connectivity index (χ0v) is 19.8. The fraction of sp³-hybridized carbons (Fsp3) is 0.357. The highest BCUT2D eigenvalue weighted by Gasteiger charge is 2.41. The first-order valence-corrected chi connectivity index (χ1v) is 13.3. The molecule has 1 fully saturated rings. The second kappa shape index (κ2) is 9.05. The van der Waals surface area contributed by atoms with Crippen LogP contribution in [0.15, 0.2) is 77.7 Å². The SMILES string of the molecule is Cc1ccc(S(=O)(=O)N[C@@H]2CCCC(C3c4ccccc4CCc4ccccc43)[C@H]2O)cc1. The van der Waals surface area contributed by atoms with Gasteiger partial charge < -0.3 is 5.11 Å². The highest BCUT2D eigenvalue weighted by Crippen LogP contribution is 2.45. The van der Waals surface area contributed by atoms with Gasteiger partial charge in [0.25, 0.3) is 0 Å². The van der Waals surface area contributed by atoms with Crippen molar-refractivity contribution in [2.75, 3.05) is 0 Å². The molecule has 0 amide bonds. The van der Waals surface area contributed by atoms with Gasteiger partial charge in [-0.15, -0.1) is 0 Å². The monoisotopic (exact) mass is 461 g/mol. The van der Waals surface area contributed by atoms with Gasteiger partial charge in [0.1, 0.15) is 0 Å². The Balaban J connectivity index is 1.48. The van der Waals surface area contributed by atoms with Gasteiger partial charge in [0, 0.05) is 12.0 Å². The molecule has 5 heteroatoms. The highest BCUT2D eigenvalue weighted by atomic mass is 32.2. The molecule has 2 N–H and O–H groups in total. The molecular formula is C28H31NO3S. The Kier molecular flexibility index (Phi) is 6.12. The summed E-state index contributed by atoms with van der Waals surface area (Å²) in [4.78, 5) is 0.243. The summed E-state index contributed by atoms with van der Waals surface area (Å²) in [5, 5.41) is 11.6. The average molecular weight is 462 g/mol. The van der Waals surface area contributed by atoms with E-state index < -0.39 is 22.2 Å². The first kappa shape index (κ1) is 22.3. The molecule has 0 aromatic heterocycles. The second-order valence-corrected chi connectivity index (χ2v) is 11.2. The van der Waals surface area contributed by atoms with Crippen LogP contribution < -0.4 is 4.72 Å². The topological polar surface area (TPSA) is 66.4 Å². The Morgan fingerprint density at radius 2 is 1.39 bits per heavy atom. The lowest BCUT2D eigenvalue weighted by Crippen LogP contribution is -2.50. The van der Waals surface area contributed by atoms with Crippen LogP contribution in [-0.2, 0) is 22.9 Å². The number of aliphatic hydroxyl groups excluding tert-OH is 1. The van der Waals surface area contributed by atoms with Gasteiger partial charge >= 0.3 is 0 Å². The summed E-state index contributed by atoms with van der Waals surface area (Å²) in [6.07, 6.45) is 3.59. The van der Waals surface area contributed by atoms with E-state index in [0.29, 0.717) is 6.42 Å².